The van der Waals surface area contributed by atoms with Gasteiger partial charge >= 0.3 is 0 Å². The van der Waals surface area contributed by atoms with Crippen LogP contribution >= 0.6 is 0 Å². The maximum atomic E-state index is 12.7. The minimum absolute atomic E-state index is 0.146. The zero-order chi connectivity index (χ0) is 17.2. The zero-order valence-corrected chi connectivity index (χ0v) is 14.6. The first-order chi connectivity index (χ1) is 12.2. The second-order valence-electron chi connectivity index (χ2n) is 6.81. The molecule has 0 aliphatic carbocycles. The Bertz CT molecular complexity index is 749. The molecule has 25 heavy (non-hydrogen) atoms. The number of nitrogens with zero attached hydrogens (tertiary/aromatic N) is 6. The van der Waals surface area contributed by atoms with E-state index in [0.717, 1.165) is 62.2 Å². The first-order valence-electron chi connectivity index (χ1n) is 8.99. The lowest BCUT2D eigenvalue weighted by molar-refractivity contribution is -0.128. The van der Waals surface area contributed by atoms with Gasteiger partial charge in [0.15, 0.2) is 5.65 Å². The number of ether oxygens (including phenoxy) is 1. The molecule has 0 bridgehead atoms. The third-order valence-corrected chi connectivity index (χ3v) is 5.04. The fourth-order valence-corrected chi connectivity index (χ4v) is 3.69. The predicted molar refractivity (Wildman–Crippen MR) is 93.3 cm³/mol. The summed E-state index contributed by atoms with van der Waals surface area (Å²) in [6, 6.07) is 0. The van der Waals surface area contributed by atoms with Gasteiger partial charge in [-0.05, 0) is 25.7 Å². The van der Waals surface area contributed by atoms with Gasteiger partial charge in [-0.25, -0.2) is 9.97 Å². The third-order valence-electron chi connectivity index (χ3n) is 5.04. The average Bonchev–Trinajstić information content (AvgIpc) is 3.36. The Balaban J connectivity index is 1.62. The van der Waals surface area contributed by atoms with Gasteiger partial charge in [-0.15, -0.1) is 0 Å². The summed E-state index contributed by atoms with van der Waals surface area (Å²) in [7, 11) is 1.86. The highest BCUT2D eigenvalue weighted by molar-refractivity contribution is 5.89. The van der Waals surface area contributed by atoms with E-state index in [1.807, 2.05) is 16.8 Å². The van der Waals surface area contributed by atoms with Crippen molar-refractivity contribution in [3.05, 3.63) is 12.5 Å². The van der Waals surface area contributed by atoms with Crippen LogP contribution in [-0.4, -0.2) is 69.4 Å². The van der Waals surface area contributed by atoms with E-state index in [1.165, 1.54) is 0 Å². The molecule has 1 unspecified atom stereocenters. The second kappa shape index (κ2) is 6.95. The van der Waals surface area contributed by atoms with E-state index in [2.05, 4.69) is 15.1 Å². The average molecular weight is 344 g/mol. The van der Waals surface area contributed by atoms with Crippen LogP contribution in [0.15, 0.2) is 12.5 Å². The van der Waals surface area contributed by atoms with Gasteiger partial charge in [-0.1, -0.05) is 0 Å². The zero-order valence-electron chi connectivity index (χ0n) is 14.6. The number of amides is 1. The van der Waals surface area contributed by atoms with Crippen LogP contribution in [0.5, 0.6) is 0 Å². The molecule has 8 nitrogen and oxygen atoms in total. The Kier molecular flexibility index (Phi) is 4.52. The fourth-order valence-electron chi connectivity index (χ4n) is 3.69. The third kappa shape index (κ3) is 3.30. The smallest absolute Gasteiger partial charge is 0.242 e. The van der Waals surface area contributed by atoms with Crippen molar-refractivity contribution in [3.8, 4) is 0 Å². The van der Waals surface area contributed by atoms with Crippen LogP contribution in [0.2, 0.25) is 0 Å². The van der Waals surface area contributed by atoms with Gasteiger partial charge in [0.25, 0.3) is 0 Å². The highest BCUT2D eigenvalue weighted by Gasteiger charge is 2.26. The Morgan fingerprint density at radius 2 is 2.16 bits per heavy atom. The van der Waals surface area contributed by atoms with E-state index < -0.39 is 0 Å². The molecule has 0 aromatic carbocycles. The molecule has 0 N–H and O–H groups in total. The molecule has 0 spiro atoms. The van der Waals surface area contributed by atoms with E-state index in [-0.39, 0.29) is 12.0 Å². The van der Waals surface area contributed by atoms with E-state index in [9.17, 15) is 4.79 Å². The van der Waals surface area contributed by atoms with E-state index in [4.69, 9.17) is 4.74 Å². The van der Waals surface area contributed by atoms with Crippen LogP contribution in [0.3, 0.4) is 0 Å². The molecule has 2 aliphatic heterocycles. The lowest BCUT2D eigenvalue weighted by atomic mass is 10.2. The standard InChI is InChI=1S/C17H24N6O2/c1-21-16-14(9-20-21)17(19-12-18-16)23(10-13-5-4-8-25-13)11-15(24)22-6-2-3-7-22/h9,12-13H,2-8,10-11H2,1H3. The lowest BCUT2D eigenvalue weighted by Gasteiger charge is -2.28. The number of fused-ring (bicyclic) bond motifs is 1. The van der Waals surface area contributed by atoms with Crippen molar-refractivity contribution >= 4 is 22.8 Å². The summed E-state index contributed by atoms with van der Waals surface area (Å²) < 4.78 is 7.53. The minimum atomic E-state index is 0.146. The number of carbonyl (C=O) groups is 1. The van der Waals surface area contributed by atoms with E-state index in [1.54, 1.807) is 17.2 Å². The molecular weight excluding hydrogens is 320 g/mol. The molecule has 2 saturated heterocycles. The SMILES string of the molecule is Cn1ncc2c(N(CC(=O)N3CCCC3)CC3CCCO3)ncnc21. The molecule has 2 aromatic rings. The summed E-state index contributed by atoms with van der Waals surface area (Å²) in [5.74, 6) is 0.923. The summed E-state index contributed by atoms with van der Waals surface area (Å²) >= 11 is 0. The Hall–Kier alpha value is -2.22. The van der Waals surface area contributed by atoms with Gasteiger partial charge in [0.05, 0.1) is 24.2 Å². The molecule has 134 valence electrons. The highest BCUT2D eigenvalue weighted by Crippen LogP contribution is 2.24. The van der Waals surface area contributed by atoms with Crippen LogP contribution in [0.1, 0.15) is 25.7 Å². The number of aryl methyl sites for hydroxylation is 1. The number of hydrogen-bond acceptors (Lipinski definition) is 6. The molecule has 8 heteroatoms. The molecule has 0 radical (unpaired) electrons. The predicted octanol–water partition coefficient (Wildman–Crippen LogP) is 0.971. The largest absolute Gasteiger partial charge is 0.376 e. The number of carbonyl (C=O) groups excluding carboxylic acids is 1. The van der Waals surface area contributed by atoms with Gasteiger partial charge in [0.1, 0.15) is 12.1 Å². The molecule has 2 fully saturated rings. The molecule has 1 atom stereocenters. The van der Waals surface area contributed by atoms with Crippen molar-refractivity contribution in [2.24, 2.45) is 7.05 Å². The van der Waals surface area contributed by atoms with Gasteiger partial charge < -0.3 is 14.5 Å². The van der Waals surface area contributed by atoms with Crippen molar-refractivity contribution in [2.75, 3.05) is 37.7 Å². The van der Waals surface area contributed by atoms with Crippen molar-refractivity contribution in [1.82, 2.24) is 24.6 Å². The highest BCUT2D eigenvalue weighted by atomic mass is 16.5. The van der Waals surface area contributed by atoms with Gasteiger partial charge in [0, 0.05) is 33.3 Å². The number of rotatable bonds is 5. The van der Waals surface area contributed by atoms with Gasteiger partial charge in [-0.3, -0.25) is 9.48 Å². The number of likely N-dealkylation sites (tertiary alicyclic amines) is 1. The van der Waals surface area contributed by atoms with Crippen LogP contribution in [-0.2, 0) is 16.6 Å². The molecule has 4 rings (SSSR count). The quantitative estimate of drug-likeness (QED) is 0.804. The van der Waals surface area contributed by atoms with Crippen molar-refractivity contribution in [3.63, 3.8) is 0 Å². The maximum absolute atomic E-state index is 12.7. The molecule has 0 saturated carbocycles. The summed E-state index contributed by atoms with van der Waals surface area (Å²) in [6.45, 7) is 3.50. The molecule has 1 amide bonds. The first-order valence-corrected chi connectivity index (χ1v) is 8.99. The summed E-state index contributed by atoms with van der Waals surface area (Å²) in [6.07, 6.45) is 7.75. The molecule has 4 heterocycles. The number of aromatic nitrogens is 4. The topological polar surface area (TPSA) is 76.4 Å². The van der Waals surface area contributed by atoms with Crippen LogP contribution in [0.25, 0.3) is 11.0 Å². The van der Waals surface area contributed by atoms with Crippen LogP contribution in [0, 0.1) is 0 Å². The van der Waals surface area contributed by atoms with Crippen LogP contribution in [0.4, 0.5) is 5.82 Å². The minimum Gasteiger partial charge on any atom is -0.376 e. The Morgan fingerprint density at radius 3 is 2.92 bits per heavy atom. The van der Waals surface area contributed by atoms with Crippen molar-refractivity contribution in [2.45, 2.75) is 31.8 Å². The van der Waals surface area contributed by atoms with Gasteiger partial charge in [0.2, 0.25) is 5.91 Å². The summed E-state index contributed by atoms with van der Waals surface area (Å²) in [4.78, 5) is 25.5. The summed E-state index contributed by atoms with van der Waals surface area (Å²) in [5.41, 5.74) is 0.774. The summed E-state index contributed by atoms with van der Waals surface area (Å²) in [5, 5.41) is 5.16. The lowest BCUT2D eigenvalue weighted by Crippen LogP contribution is -2.42. The molecule has 2 aliphatic rings. The van der Waals surface area contributed by atoms with Crippen LogP contribution < -0.4 is 4.90 Å². The fraction of sp³-hybridized carbons (Fsp3) is 0.647. The van der Waals surface area contributed by atoms with Crippen molar-refractivity contribution < 1.29 is 9.53 Å². The molecular formula is C17H24N6O2. The van der Waals surface area contributed by atoms with Gasteiger partial charge in [-0.2, -0.15) is 5.10 Å². The monoisotopic (exact) mass is 344 g/mol. The number of hydrogen-bond donors (Lipinski definition) is 0. The molecule has 2 aromatic heterocycles. The first kappa shape index (κ1) is 16.3. The second-order valence-corrected chi connectivity index (χ2v) is 6.81. The Morgan fingerprint density at radius 1 is 1.32 bits per heavy atom. The maximum Gasteiger partial charge on any atom is 0.242 e. The Labute approximate surface area is 146 Å². The van der Waals surface area contributed by atoms with E-state index >= 15 is 0 Å². The number of anilines is 1. The normalized spacial score (nSPS) is 20.5. The van der Waals surface area contributed by atoms with Crippen molar-refractivity contribution in [1.29, 1.82) is 0 Å². The van der Waals surface area contributed by atoms with E-state index in [0.29, 0.717) is 13.1 Å².